The van der Waals surface area contributed by atoms with Gasteiger partial charge in [0.05, 0.1) is 5.56 Å². The van der Waals surface area contributed by atoms with Crippen LogP contribution in [0.25, 0.3) is 11.5 Å². The molecule has 0 bridgehead atoms. The van der Waals surface area contributed by atoms with Crippen LogP contribution in [-0.2, 0) is 0 Å². The van der Waals surface area contributed by atoms with Crippen molar-refractivity contribution in [1.82, 2.24) is 10.2 Å². The highest BCUT2D eigenvalue weighted by atomic mass is 79.9. The molecule has 0 unspecified atom stereocenters. The predicted octanol–water partition coefficient (Wildman–Crippen LogP) is 4.14. The average molecular weight is 344 g/mol. The maximum atomic E-state index is 5.66. The van der Waals surface area contributed by atoms with E-state index in [4.69, 9.17) is 4.42 Å². The highest BCUT2D eigenvalue weighted by Crippen LogP contribution is 2.40. The Balaban J connectivity index is 2.03. The van der Waals surface area contributed by atoms with Crippen molar-refractivity contribution in [2.24, 2.45) is 0 Å². The van der Waals surface area contributed by atoms with Crippen molar-refractivity contribution in [2.75, 3.05) is 0 Å². The Hall–Kier alpha value is -0.680. The molecule has 0 amide bonds. The van der Waals surface area contributed by atoms with Crippen molar-refractivity contribution < 1.29 is 4.42 Å². The fraction of sp³-hybridized carbons (Fsp3) is 0.273. The third kappa shape index (κ3) is 1.94. The van der Waals surface area contributed by atoms with Crippen LogP contribution < -0.4 is 0 Å². The van der Waals surface area contributed by atoms with E-state index in [2.05, 4.69) is 42.1 Å². The minimum absolute atomic E-state index is 0.493. The Morgan fingerprint density at radius 3 is 2.75 bits per heavy atom. The molecule has 1 aromatic carbocycles. The number of hydrogen-bond donors (Lipinski definition) is 0. The van der Waals surface area contributed by atoms with Crippen LogP contribution in [0.3, 0.4) is 0 Å². The third-order valence-electron chi connectivity index (χ3n) is 2.53. The van der Waals surface area contributed by atoms with Crippen molar-refractivity contribution in [3.63, 3.8) is 0 Å². The molecule has 1 aromatic heterocycles. The van der Waals surface area contributed by atoms with Crippen molar-refractivity contribution in [3.05, 3.63) is 33.0 Å². The standard InChI is InChI=1S/C11H8Br2N2O/c12-7-3-4-9(13)8(5-7)11-15-14-10(16-11)6-1-2-6/h3-6H,1-2H2. The molecule has 3 nitrogen and oxygen atoms in total. The lowest BCUT2D eigenvalue weighted by Crippen LogP contribution is -1.80. The number of rotatable bonds is 2. The lowest BCUT2D eigenvalue weighted by Gasteiger charge is -1.99. The molecule has 1 saturated carbocycles. The van der Waals surface area contributed by atoms with Gasteiger partial charge in [-0.2, -0.15) is 0 Å². The molecule has 1 aliphatic rings. The predicted molar refractivity (Wildman–Crippen MR) is 67.1 cm³/mol. The second-order valence-electron chi connectivity index (χ2n) is 3.84. The Bertz CT molecular complexity index is 535. The zero-order chi connectivity index (χ0) is 11.1. The van der Waals surface area contributed by atoms with Gasteiger partial charge in [0.2, 0.25) is 11.8 Å². The largest absolute Gasteiger partial charge is 0.420 e. The molecule has 0 N–H and O–H groups in total. The van der Waals surface area contributed by atoms with E-state index in [1.54, 1.807) is 0 Å². The summed E-state index contributed by atoms with van der Waals surface area (Å²) in [6, 6.07) is 5.89. The summed E-state index contributed by atoms with van der Waals surface area (Å²) in [7, 11) is 0. The normalized spacial score (nSPS) is 15.4. The van der Waals surface area contributed by atoms with Crippen molar-refractivity contribution in [1.29, 1.82) is 0 Å². The van der Waals surface area contributed by atoms with Crippen LogP contribution in [0.4, 0.5) is 0 Å². The molecule has 1 fully saturated rings. The van der Waals surface area contributed by atoms with Crippen LogP contribution in [0, 0.1) is 0 Å². The number of benzene rings is 1. The molecule has 0 saturated heterocycles. The van der Waals surface area contributed by atoms with Gasteiger partial charge in [-0.1, -0.05) is 15.9 Å². The summed E-state index contributed by atoms with van der Waals surface area (Å²) in [5, 5.41) is 8.15. The van der Waals surface area contributed by atoms with Crippen LogP contribution in [0.5, 0.6) is 0 Å². The van der Waals surface area contributed by atoms with E-state index >= 15 is 0 Å². The highest BCUT2D eigenvalue weighted by Gasteiger charge is 2.29. The van der Waals surface area contributed by atoms with E-state index in [0.29, 0.717) is 11.8 Å². The van der Waals surface area contributed by atoms with Gasteiger partial charge >= 0.3 is 0 Å². The van der Waals surface area contributed by atoms with Gasteiger partial charge in [0.25, 0.3) is 0 Å². The maximum Gasteiger partial charge on any atom is 0.248 e. The molecule has 1 heterocycles. The zero-order valence-corrected chi connectivity index (χ0v) is 11.5. The SMILES string of the molecule is Brc1ccc(Br)c(-c2nnc(C3CC3)o2)c1. The molecule has 0 atom stereocenters. The first kappa shape index (κ1) is 10.5. The van der Waals surface area contributed by atoms with Gasteiger partial charge in [-0.05, 0) is 47.0 Å². The highest BCUT2D eigenvalue weighted by molar-refractivity contribution is 9.11. The van der Waals surface area contributed by atoms with Crippen LogP contribution in [0.15, 0.2) is 31.6 Å². The summed E-state index contributed by atoms with van der Waals surface area (Å²) in [5.74, 6) is 1.84. The summed E-state index contributed by atoms with van der Waals surface area (Å²) in [6.45, 7) is 0. The second kappa shape index (κ2) is 3.96. The van der Waals surface area contributed by atoms with Crippen LogP contribution in [-0.4, -0.2) is 10.2 Å². The molecule has 3 rings (SSSR count). The minimum atomic E-state index is 0.493. The minimum Gasteiger partial charge on any atom is -0.420 e. The molecule has 16 heavy (non-hydrogen) atoms. The zero-order valence-electron chi connectivity index (χ0n) is 8.28. The van der Waals surface area contributed by atoms with E-state index in [1.165, 1.54) is 12.8 Å². The van der Waals surface area contributed by atoms with E-state index in [-0.39, 0.29) is 0 Å². The monoisotopic (exact) mass is 342 g/mol. The first-order valence-electron chi connectivity index (χ1n) is 5.03. The molecule has 2 aromatic rings. The lowest BCUT2D eigenvalue weighted by atomic mass is 10.2. The number of aromatic nitrogens is 2. The van der Waals surface area contributed by atoms with Crippen molar-refractivity contribution in [3.8, 4) is 11.5 Å². The van der Waals surface area contributed by atoms with Gasteiger partial charge in [-0.25, -0.2) is 0 Å². The molecular formula is C11H8Br2N2O. The van der Waals surface area contributed by atoms with E-state index in [1.807, 2.05) is 18.2 Å². The molecule has 0 spiro atoms. The van der Waals surface area contributed by atoms with Gasteiger partial charge in [0.15, 0.2) is 0 Å². The molecule has 82 valence electrons. The summed E-state index contributed by atoms with van der Waals surface area (Å²) in [6.07, 6.45) is 2.34. The summed E-state index contributed by atoms with van der Waals surface area (Å²) in [4.78, 5) is 0. The summed E-state index contributed by atoms with van der Waals surface area (Å²) >= 11 is 6.91. The molecule has 0 aliphatic heterocycles. The lowest BCUT2D eigenvalue weighted by molar-refractivity contribution is 0.508. The summed E-state index contributed by atoms with van der Waals surface area (Å²) in [5.41, 5.74) is 0.925. The van der Waals surface area contributed by atoms with Crippen molar-refractivity contribution in [2.45, 2.75) is 18.8 Å². The Labute approximate surface area is 110 Å². The van der Waals surface area contributed by atoms with Gasteiger partial charge in [-0.15, -0.1) is 10.2 Å². The molecule has 1 aliphatic carbocycles. The first-order chi connectivity index (χ1) is 7.74. The fourth-order valence-corrected chi connectivity index (χ4v) is 2.28. The summed E-state index contributed by atoms with van der Waals surface area (Å²) < 4.78 is 7.61. The number of hydrogen-bond acceptors (Lipinski definition) is 3. The van der Waals surface area contributed by atoms with Crippen LogP contribution in [0.2, 0.25) is 0 Å². The van der Waals surface area contributed by atoms with Gasteiger partial charge < -0.3 is 4.42 Å². The van der Waals surface area contributed by atoms with Gasteiger partial charge in [0, 0.05) is 14.9 Å². The maximum absolute atomic E-state index is 5.66. The number of nitrogens with zero attached hydrogens (tertiary/aromatic N) is 2. The van der Waals surface area contributed by atoms with Gasteiger partial charge in [0.1, 0.15) is 0 Å². The van der Waals surface area contributed by atoms with Gasteiger partial charge in [-0.3, -0.25) is 0 Å². The smallest absolute Gasteiger partial charge is 0.248 e. The van der Waals surface area contributed by atoms with E-state index in [9.17, 15) is 0 Å². The van der Waals surface area contributed by atoms with E-state index in [0.717, 1.165) is 20.4 Å². The Morgan fingerprint density at radius 2 is 2.00 bits per heavy atom. The molecule has 5 heteroatoms. The Morgan fingerprint density at radius 1 is 1.19 bits per heavy atom. The number of halogens is 2. The van der Waals surface area contributed by atoms with E-state index < -0.39 is 0 Å². The average Bonchev–Trinajstić information content (AvgIpc) is 3.01. The fourth-order valence-electron chi connectivity index (χ4n) is 1.50. The first-order valence-corrected chi connectivity index (χ1v) is 6.61. The topological polar surface area (TPSA) is 38.9 Å². The van der Waals surface area contributed by atoms with Crippen LogP contribution in [0.1, 0.15) is 24.7 Å². The van der Waals surface area contributed by atoms with Crippen molar-refractivity contribution >= 4 is 31.9 Å². The quantitative estimate of drug-likeness (QED) is 0.822. The van der Waals surface area contributed by atoms with Crippen LogP contribution >= 0.6 is 31.9 Å². The molecule has 0 radical (unpaired) electrons. The molecular weight excluding hydrogens is 336 g/mol. The second-order valence-corrected chi connectivity index (χ2v) is 5.61. The Kier molecular flexibility index (Phi) is 2.59. The third-order valence-corrected chi connectivity index (χ3v) is 3.71.